The summed E-state index contributed by atoms with van der Waals surface area (Å²) >= 11 is 0. The van der Waals surface area contributed by atoms with Crippen LogP contribution in [0.2, 0.25) is 0 Å². The molecular weight excluding hydrogens is 432 g/mol. The number of ether oxygens (including phenoxy) is 3. The van der Waals surface area contributed by atoms with Crippen molar-refractivity contribution in [3.8, 4) is 17.2 Å². The van der Waals surface area contributed by atoms with E-state index in [2.05, 4.69) is 10.9 Å². The van der Waals surface area contributed by atoms with Crippen LogP contribution in [0.3, 0.4) is 0 Å². The second kappa shape index (κ2) is 13.5. The van der Waals surface area contributed by atoms with E-state index < -0.39 is 5.91 Å². The van der Waals surface area contributed by atoms with Crippen molar-refractivity contribution in [3.05, 3.63) is 90.0 Å². The lowest BCUT2D eigenvalue weighted by molar-refractivity contribution is 0.0846. The molecule has 0 atom stereocenters. The molecule has 0 radical (unpaired) electrons. The monoisotopic (exact) mass is 462 g/mol. The summed E-state index contributed by atoms with van der Waals surface area (Å²) < 4.78 is 16.6. The summed E-state index contributed by atoms with van der Waals surface area (Å²) in [5, 5.41) is 0. The van der Waals surface area contributed by atoms with E-state index in [-0.39, 0.29) is 5.91 Å². The van der Waals surface area contributed by atoms with Gasteiger partial charge in [-0.2, -0.15) is 0 Å². The number of hydrazine groups is 1. The topological polar surface area (TPSA) is 85.9 Å². The Morgan fingerprint density at radius 3 is 1.53 bits per heavy atom. The van der Waals surface area contributed by atoms with Crippen molar-refractivity contribution in [2.45, 2.75) is 25.7 Å². The summed E-state index contributed by atoms with van der Waals surface area (Å²) in [6.07, 6.45) is 4.04. The molecule has 0 saturated carbocycles. The third kappa shape index (κ3) is 8.16. The van der Waals surface area contributed by atoms with Gasteiger partial charge in [-0.1, -0.05) is 18.2 Å². The van der Waals surface area contributed by atoms with Gasteiger partial charge in [0.05, 0.1) is 20.3 Å². The Labute approximate surface area is 200 Å². The Morgan fingerprint density at radius 1 is 0.588 bits per heavy atom. The van der Waals surface area contributed by atoms with Gasteiger partial charge in [0, 0.05) is 11.1 Å². The molecule has 0 bridgehead atoms. The largest absolute Gasteiger partial charge is 0.497 e. The lowest BCUT2D eigenvalue weighted by Crippen LogP contribution is -2.41. The number of rotatable bonds is 12. The normalized spacial score (nSPS) is 10.3. The van der Waals surface area contributed by atoms with Crippen LogP contribution in [0, 0.1) is 0 Å². The highest BCUT2D eigenvalue weighted by molar-refractivity contribution is 5.99. The number of nitrogens with one attached hydrogen (secondary N) is 2. The Kier molecular flexibility index (Phi) is 9.80. The van der Waals surface area contributed by atoms with Gasteiger partial charge in [0.15, 0.2) is 0 Å². The molecule has 0 unspecified atom stereocenters. The molecule has 0 spiro atoms. The van der Waals surface area contributed by atoms with E-state index in [1.165, 1.54) is 0 Å². The fourth-order valence-corrected chi connectivity index (χ4v) is 3.16. The third-order valence-electron chi connectivity index (χ3n) is 5.08. The summed E-state index contributed by atoms with van der Waals surface area (Å²) in [6.45, 7) is 1.29. The summed E-state index contributed by atoms with van der Waals surface area (Å²) in [5.41, 5.74) is 5.72. The van der Waals surface area contributed by atoms with Crippen LogP contribution in [-0.2, 0) is 0 Å². The van der Waals surface area contributed by atoms with Gasteiger partial charge in [-0.15, -0.1) is 0 Å². The molecule has 0 saturated heterocycles. The molecule has 2 N–H and O–H groups in total. The number of amides is 2. The number of hydrogen-bond donors (Lipinski definition) is 2. The first-order valence-electron chi connectivity index (χ1n) is 11.3. The maximum atomic E-state index is 12.2. The predicted octanol–water partition coefficient (Wildman–Crippen LogP) is 4.79. The average Bonchev–Trinajstić information content (AvgIpc) is 2.89. The van der Waals surface area contributed by atoms with E-state index >= 15 is 0 Å². The van der Waals surface area contributed by atoms with E-state index in [4.69, 9.17) is 14.2 Å². The minimum atomic E-state index is -0.396. The number of methoxy groups -OCH3 is 1. The SMILES string of the molecule is COc1ccc(OCCCCCCOc2ccc(C(=O)NNC(=O)c3ccccc3)cc2)cc1. The van der Waals surface area contributed by atoms with Crippen LogP contribution in [0.5, 0.6) is 17.2 Å². The quantitative estimate of drug-likeness (QED) is 0.299. The Bertz CT molecular complexity index is 1020. The van der Waals surface area contributed by atoms with Crippen LogP contribution in [0.15, 0.2) is 78.9 Å². The minimum absolute atomic E-state index is 0.374. The van der Waals surface area contributed by atoms with Crippen LogP contribution in [0.25, 0.3) is 0 Å². The molecule has 178 valence electrons. The number of hydrogen-bond acceptors (Lipinski definition) is 5. The molecule has 3 aromatic rings. The standard InChI is InChI=1S/C27H30N2O5/c1-32-23-15-17-25(18-16-23)34-20-8-3-2-7-19-33-24-13-11-22(12-14-24)27(31)29-28-26(30)21-9-5-4-6-10-21/h4-6,9-18H,2-3,7-8,19-20H2,1H3,(H,28,30)(H,29,31). The summed E-state index contributed by atoms with van der Waals surface area (Å²) in [5.74, 6) is 1.60. The van der Waals surface area contributed by atoms with Gasteiger partial charge in [0.2, 0.25) is 0 Å². The highest BCUT2D eigenvalue weighted by atomic mass is 16.5. The first-order valence-corrected chi connectivity index (χ1v) is 11.3. The van der Waals surface area contributed by atoms with Gasteiger partial charge in [-0.05, 0) is 86.3 Å². The zero-order valence-corrected chi connectivity index (χ0v) is 19.3. The van der Waals surface area contributed by atoms with Crippen molar-refractivity contribution < 1.29 is 23.8 Å². The zero-order chi connectivity index (χ0) is 24.0. The maximum Gasteiger partial charge on any atom is 0.269 e. The van der Waals surface area contributed by atoms with E-state index in [1.807, 2.05) is 30.3 Å². The minimum Gasteiger partial charge on any atom is -0.497 e. The van der Waals surface area contributed by atoms with Gasteiger partial charge >= 0.3 is 0 Å². The molecule has 0 aliphatic rings. The van der Waals surface area contributed by atoms with Crippen LogP contribution >= 0.6 is 0 Å². The molecule has 2 amide bonds. The molecule has 0 aliphatic carbocycles. The lowest BCUT2D eigenvalue weighted by atomic mass is 10.2. The predicted molar refractivity (Wildman–Crippen MR) is 130 cm³/mol. The molecule has 0 heterocycles. The molecule has 3 aromatic carbocycles. The summed E-state index contributed by atoms with van der Waals surface area (Å²) in [4.78, 5) is 24.2. The zero-order valence-electron chi connectivity index (χ0n) is 19.3. The van der Waals surface area contributed by atoms with Crippen molar-refractivity contribution in [1.82, 2.24) is 10.9 Å². The van der Waals surface area contributed by atoms with Gasteiger partial charge in [-0.25, -0.2) is 0 Å². The van der Waals surface area contributed by atoms with E-state index in [1.54, 1.807) is 55.6 Å². The summed E-state index contributed by atoms with van der Waals surface area (Å²) in [7, 11) is 1.64. The second-order valence-corrected chi connectivity index (χ2v) is 7.59. The van der Waals surface area contributed by atoms with Crippen LogP contribution in [-0.4, -0.2) is 32.1 Å². The Balaban J connectivity index is 1.26. The van der Waals surface area contributed by atoms with Crippen molar-refractivity contribution in [3.63, 3.8) is 0 Å². The summed E-state index contributed by atoms with van der Waals surface area (Å²) in [6, 6.07) is 23.1. The molecule has 0 aromatic heterocycles. The fraction of sp³-hybridized carbons (Fsp3) is 0.259. The van der Waals surface area contributed by atoms with Gasteiger partial charge in [0.25, 0.3) is 11.8 Å². The van der Waals surface area contributed by atoms with Gasteiger partial charge in [-0.3, -0.25) is 20.4 Å². The van der Waals surface area contributed by atoms with Gasteiger partial charge in [0.1, 0.15) is 17.2 Å². The number of benzene rings is 3. The fourth-order valence-electron chi connectivity index (χ4n) is 3.16. The number of unbranched alkanes of at least 4 members (excludes halogenated alkanes) is 3. The maximum absolute atomic E-state index is 12.2. The molecule has 7 heteroatoms. The molecule has 0 fully saturated rings. The molecule has 0 aliphatic heterocycles. The van der Waals surface area contributed by atoms with Crippen LogP contribution < -0.4 is 25.1 Å². The van der Waals surface area contributed by atoms with E-state index in [0.29, 0.717) is 30.1 Å². The first kappa shape index (κ1) is 24.6. The van der Waals surface area contributed by atoms with Crippen molar-refractivity contribution >= 4 is 11.8 Å². The number of carbonyl (C=O) groups is 2. The Morgan fingerprint density at radius 2 is 1.03 bits per heavy atom. The smallest absolute Gasteiger partial charge is 0.269 e. The lowest BCUT2D eigenvalue weighted by Gasteiger charge is -2.09. The highest BCUT2D eigenvalue weighted by Gasteiger charge is 2.09. The molecule has 7 nitrogen and oxygen atoms in total. The van der Waals surface area contributed by atoms with Crippen molar-refractivity contribution in [1.29, 1.82) is 0 Å². The molecule has 3 rings (SSSR count). The Hall–Kier alpha value is -4.00. The molecular formula is C27H30N2O5. The van der Waals surface area contributed by atoms with Crippen molar-refractivity contribution in [2.75, 3.05) is 20.3 Å². The van der Waals surface area contributed by atoms with Crippen molar-refractivity contribution in [2.24, 2.45) is 0 Å². The number of carbonyl (C=O) groups excluding carboxylic acids is 2. The second-order valence-electron chi connectivity index (χ2n) is 7.59. The first-order chi connectivity index (χ1) is 16.7. The highest BCUT2D eigenvalue weighted by Crippen LogP contribution is 2.17. The van der Waals surface area contributed by atoms with Crippen LogP contribution in [0.4, 0.5) is 0 Å². The van der Waals surface area contributed by atoms with Gasteiger partial charge < -0.3 is 14.2 Å². The van der Waals surface area contributed by atoms with E-state index in [9.17, 15) is 9.59 Å². The van der Waals surface area contributed by atoms with Crippen LogP contribution in [0.1, 0.15) is 46.4 Å². The molecule has 34 heavy (non-hydrogen) atoms. The average molecular weight is 463 g/mol. The third-order valence-corrected chi connectivity index (χ3v) is 5.08. The van der Waals surface area contributed by atoms with E-state index in [0.717, 1.165) is 37.2 Å².